The summed E-state index contributed by atoms with van der Waals surface area (Å²) in [6.45, 7) is 7.62. The van der Waals surface area contributed by atoms with E-state index in [4.69, 9.17) is 4.74 Å². The van der Waals surface area contributed by atoms with Crippen molar-refractivity contribution in [2.75, 3.05) is 0 Å². The van der Waals surface area contributed by atoms with Crippen LogP contribution in [0, 0.1) is 0 Å². The Morgan fingerprint density at radius 1 is 1.50 bits per heavy atom. The molecule has 0 radical (unpaired) electrons. The summed E-state index contributed by atoms with van der Waals surface area (Å²) in [5.74, 6) is -0.190. The van der Waals surface area contributed by atoms with Gasteiger partial charge in [0, 0.05) is 6.42 Å². The smallest absolute Gasteiger partial charge is 0.365 e. The molecule has 0 spiro atoms. The quantitative estimate of drug-likeness (QED) is 0.641. The highest BCUT2D eigenvalue weighted by atomic mass is 16.6. The highest BCUT2D eigenvalue weighted by Gasteiger charge is 2.23. The third kappa shape index (κ3) is 5.13. The molecule has 72 valence electrons. The molecule has 3 N–H and O–H groups in total. The summed E-state index contributed by atoms with van der Waals surface area (Å²) in [5, 5.41) is 0. The van der Waals surface area contributed by atoms with Gasteiger partial charge in [-0.05, 0) is 27.2 Å². The molecule has 0 aliphatic carbocycles. The van der Waals surface area contributed by atoms with Crippen LogP contribution in [0.2, 0.25) is 0 Å². The van der Waals surface area contributed by atoms with Crippen molar-refractivity contribution in [3.05, 3.63) is 0 Å². The Morgan fingerprint density at radius 3 is 2.33 bits per heavy atom. The number of hydrogen-bond donors (Lipinski definition) is 1. The monoisotopic (exact) mass is 174 g/mol. The van der Waals surface area contributed by atoms with Gasteiger partial charge in [-0.2, -0.15) is 0 Å². The maximum absolute atomic E-state index is 11.3. The maximum atomic E-state index is 11.3. The summed E-state index contributed by atoms with van der Waals surface area (Å²) in [6, 6.07) is -0.214. The van der Waals surface area contributed by atoms with Crippen LogP contribution in [0.3, 0.4) is 0 Å². The Balaban J connectivity index is 3.87. The minimum Gasteiger partial charge on any atom is -0.456 e. The maximum Gasteiger partial charge on any atom is 0.365 e. The number of esters is 1. The summed E-state index contributed by atoms with van der Waals surface area (Å²) >= 11 is 0. The highest BCUT2D eigenvalue weighted by Crippen LogP contribution is 2.08. The third-order valence-electron chi connectivity index (χ3n) is 1.38. The predicted octanol–water partition coefficient (Wildman–Crippen LogP) is 0.739. The van der Waals surface area contributed by atoms with Gasteiger partial charge >= 0.3 is 5.97 Å². The molecule has 0 saturated carbocycles. The number of rotatable bonds is 3. The Bertz CT molecular complexity index is 149. The van der Waals surface area contributed by atoms with Gasteiger partial charge in [0.05, 0.1) is 0 Å². The molecule has 3 heteroatoms. The van der Waals surface area contributed by atoms with Gasteiger partial charge in [0.2, 0.25) is 0 Å². The van der Waals surface area contributed by atoms with E-state index in [1.54, 1.807) is 0 Å². The first-order chi connectivity index (χ1) is 5.37. The van der Waals surface area contributed by atoms with E-state index < -0.39 is 0 Å². The zero-order valence-corrected chi connectivity index (χ0v) is 8.52. The number of ether oxygens (including phenoxy) is 1. The van der Waals surface area contributed by atoms with Crippen LogP contribution in [0.4, 0.5) is 0 Å². The Labute approximate surface area is 74.3 Å². The van der Waals surface area contributed by atoms with Crippen molar-refractivity contribution in [2.24, 2.45) is 0 Å². The van der Waals surface area contributed by atoms with E-state index in [-0.39, 0.29) is 17.6 Å². The van der Waals surface area contributed by atoms with Crippen molar-refractivity contribution in [3.63, 3.8) is 0 Å². The van der Waals surface area contributed by atoms with Crippen molar-refractivity contribution < 1.29 is 15.3 Å². The topological polar surface area (TPSA) is 53.9 Å². The lowest BCUT2D eigenvalue weighted by Crippen LogP contribution is -2.65. The second-order valence-electron chi connectivity index (χ2n) is 4.02. The molecule has 0 amide bonds. The average molecular weight is 174 g/mol. The number of carbonyl (C=O) groups is 1. The number of hydrogen-bond acceptors (Lipinski definition) is 2. The first-order valence-electron chi connectivity index (χ1n) is 4.42. The van der Waals surface area contributed by atoms with E-state index in [1.165, 1.54) is 0 Å². The second-order valence-corrected chi connectivity index (χ2v) is 4.02. The SMILES string of the molecule is CCCC([NH3+])C(=O)OC(C)(C)C. The first-order valence-corrected chi connectivity index (χ1v) is 4.42. The molecule has 0 saturated heterocycles. The van der Waals surface area contributed by atoms with Crippen molar-refractivity contribution in [2.45, 2.75) is 52.2 Å². The minimum absolute atomic E-state index is 0.190. The third-order valence-corrected chi connectivity index (χ3v) is 1.38. The van der Waals surface area contributed by atoms with Crippen LogP contribution in [0.15, 0.2) is 0 Å². The molecule has 0 aromatic rings. The van der Waals surface area contributed by atoms with Gasteiger partial charge in [-0.25, -0.2) is 4.79 Å². The zero-order valence-electron chi connectivity index (χ0n) is 8.52. The predicted molar refractivity (Wildman–Crippen MR) is 47.4 cm³/mol. The van der Waals surface area contributed by atoms with Crippen molar-refractivity contribution in [1.82, 2.24) is 0 Å². The van der Waals surface area contributed by atoms with Gasteiger partial charge in [-0.1, -0.05) is 6.92 Å². The fraction of sp³-hybridized carbons (Fsp3) is 0.889. The molecule has 0 aliphatic heterocycles. The Morgan fingerprint density at radius 2 is 2.00 bits per heavy atom. The highest BCUT2D eigenvalue weighted by molar-refractivity contribution is 5.74. The lowest BCUT2D eigenvalue weighted by atomic mass is 10.1. The van der Waals surface area contributed by atoms with Gasteiger partial charge in [0.15, 0.2) is 6.04 Å². The fourth-order valence-electron chi connectivity index (χ4n) is 0.851. The van der Waals surface area contributed by atoms with Crippen LogP contribution < -0.4 is 5.73 Å². The molecule has 0 aromatic carbocycles. The minimum atomic E-state index is -0.388. The van der Waals surface area contributed by atoms with Gasteiger partial charge in [0.1, 0.15) is 5.60 Å². The van der Waals surface area contributed by atoms with Crippen LogP contribution in [-0.4, -0.2) is 17.6 Å². The van der Waals surface area contributed by atoms with Crippen LogP contribution in [0.1, 0.15) is 40.5 Å². The van der Waals surface area contributed by atoms with E-state index in [2.05, 4.69) is 5.73 Å². The lowest BCUT2D eigenvalue weighted by molar-refractivity contribution is -0.411. The fourth-order valence-corrected chi connectivity index (χ4v) is 0.851. The van der Waals surface area contributed by atoms with Crippen LogP contribution in [0.25, 0.3) is 0 Å². The van der Waals surface area contributed by atoms with Gasteiger partial charge in [-0.15, -0.1) is 0 Å². The molecule has 0 bridgehead atoms. The summed E-state index contributed by atoms with van der Waals surface area (Å²) in [7, 11) is 0. The zero-order chi connectivity index (χ0) is 9.78. The van der Waals surface area contributed by atoms with Crippen molar-refractivity contribution >= 4 is 5.97 Å². The van der Waals surface area contributed by atoms with E-state index in [0.717, 1.165) is 12.8 Å². The Kier molecular flexibility index (Phi) is 4.24. The molecule has 0 aromatic heterocycles. The number of carbonyl (C=O) groups excluding carboxylic acids is 1. The molecular weight excluding hydrogens is 154 g/mol. The summed E-state index contributed by atoms with van der Waals surface area (Å²) in [5.41, 5.74) is 3.35. The van der Waals surface area contributed by atoms with E-state index in [0.29, 0.717) is 0 Å². The molecule has 3 nitrogen and oxygen atoms in total. The first kappa shape index (κ1) is 11.4. The van der Waals surface area contributed by atoms with E-state index in [9.17, 15) is 4.79 Å². The molecule has 0 aliphatic rings. The van der Waals surface area contributed by atoms with Crippen LogP contribution in [-0.2, 0) is 9.53 Å². The second kappa shape index (κ2) is 4.45. The Hall–Kier alpha value is -0.570. The van der Waals surface area contributed by atoms with Crippen LogP contribution in [0.5, 0.6) is 0 Å². The molecule has 1 unspecified atom stereocenters. The number of quaternary nitrogens is 1. The largest absolute Gasteiger partial charge is 0.456 e. The standard InChI is InChI=1S/C9H19NO2/c1-5-6-7(10)8(11)12-9(2,3)4/h7H,5-6,10H2,1-4H3/p+1. The average Bonchev–Trinajstić information content (AvgIpc) is 1.84. The molecule has 12 heavy (non-hydrogen) atoms. The summed E-state index contributed by atoms with van der Waals surface area (Å²) in [4.78, 5) is 11.3. The summed E-state index contributed by atoms with van der Waals surface area (Å²) in [6.07, 6.45) is 1.77. The lowest BCUT2D eigenvalue weighted by Gasteiger charge is -2.20. The van der Waals surface area contributed by atoms with E-state index in [1.807, 2.05) is 27.7 Å². The van der Waals surface area contributed by atoms with Gasteiger partial charge < -0.3 is 10.5 Å². The summed E-state index contributed by atoms with van der Waals surface area (Å²) < 4.78 is 5.15. The molecule has 0 fully saturated rings. The van der Waals surface area contributed by atoms with Crippen LogP contribution >= 0.6 is 0 Å². The molecule has 0 heterocycles. The van der Waals surface area contributed by atoms with Crippen molar-refractivity contribution in [1.29, 1.82) is 0 Å². The van der Waals surface area contributed by atoms with Gasteiger partial charge in [-0.3, -0.25) is 0 Å². The molecular formula is C9H20NO2+. The normalized spacial score (nSPS) is 14.1. The molecule has 1 atom stereocenters. The molecule has 0 rings (SSSR count). The van der Waals surface area contributed by atoms with Gasteiger partial charge in [0.25, 0.3) is 0 Å². The van der Waals surface area contributed by atoms with Crippen molar-refractivity contribution in [3.8, 4) is 0 Å². The van der Waals surface area contributed by atoms with E-state index >= 15 is 0 Å².